The smallest absolute Gasteiger partial charge is 0.417 e. The van der Waals surface area contributed by atoms with Gasteiger partial charge in [0, 0.05) is 32.3 Å². The lowest BCUT2D eigenvalue weighted by molar-refractivity contribution is -0.137. The monoisotopic (exact) mass is 356 g/mol. The average molecular weight is 356 g/mol. The van der Waals surface area contributed by atoms with Crippen molar-refractivity contribution in [3.63, 3.8) is 0 Å². The van der Waals surface area contributed by atoms with E-state index in [1.807, 2.05) is 12.1 Å². The van der Waals surface area contributed by atoms with Crippen molar-refractivity contribution in [3.05, 3.63) is 48.0 Å². The van der Waals surface area contributed by atoms with Crippen LogP contribution in [0.25, 0.3) is 0 Å². The largest absolute Gasteiger partial charge is 0.476 e. The van der Waals surface area contributed by atoms with Crippen LogP contribution in [0.15, 0.2) is 46.1 Å². The van der Waals surface area contributed by atoms with Crippen LogP contribution in [0.3, 0.4) is 0 Å². The summed E-state index contributed by atoms with van der Waals surface area (Å²) in [6, 6.07) is 5.85. The third kappa shape index (κ3) is 6.36. The fourth-order valence-electron chi connectivity index (χ4n) is 1.94. The zero-order valence-electron chi connectivity index (χ0n) is 13.6. The third-order valence-corrected chi connectivity index (χ3v) is 3.18. The van der Waals surface area contributed by atoms with Crippen molar-refractivity contribution in [1.29, 1.82) is 0 Å². The Morgan fingerprint density at radius 2 is 2.04 bits per heavy atom. The molecule has 25 heavy (non-hydrogen) atoms. The van der Waals surface area contributed by atoms with Gasteiger partial charge in [-0.15, -0.1) is 0 Å². The summed E-state index contributed by atoms with van der Waals surface area (Å²) in [6.07, 6.45) is -1.31. The first-order valence-corrected chi connectivity index (χ1v) is 7.62. The predicted octanol–water partition coefficient (Wildman–Crippen LogP) is 2.48. The fraction of sp³-hybridized carbons (Fsp3) is 0.375. The van der Waals surface area contributed by atoms with Crippen LogP contribution in [-0.2, 0) is 12.6 Å². The minimum Gasteiger partial charge on any atom is -0.476 e. The molecule has 0 atom stereocenters. The Kier molecular flexibility index (Phi) is 6.67. The maximum atomic E-state index is 12.4. The molecule has 2 aromatic heterocycles. The maximum absolute atomic E-state index is 12.4. The van der Waals surface area contributed by atoms with Crippen molar-refractivity contribution in [2.75, 3.05) is 26.7 Å². The molecule has 2 N–H and O–H groups in total. The number of nitrogens with zero attached hydrogens (tertiary/aromatic N) is 2. The molecule has 0 aliphatic carbocycles. The second-order valence-corrected chi connectivity index (χ2v) is 4.99. The maximum Gasteiger partial charge on any atom is 0.417 e. The zero-order chi connectivity index (χ0) is 18.1. The minimum absolute atomic E-state index is 0.135. The Morgan fingerprint density at radius 3 is 2.64 bits per heavy atom. The van der Waals surface area contributed by atoms with Gasteiger partial charge in [-0.1, -0.05) is 0 Å². The van der Waals surface area contributed by atoms with E-state index in [0.29, 0.717) is 19.0 Å². The second kappa shape index (κ2) is 8.95. The molecule has 0 bridgehead atoms. The first-order chi connectivity index (χ1) is 12.0. The standard InChI is InChI=1S/C16H19F3N4O2/c1-20-15(21-7-6-13-3-2-9-24-13)22-8-10-25-14-5-4-12(11-23-14)16(17,18)19/h2-5,9,11H,6-8,10H2,1H3,(H2,20,21,22). The van der Waals surface area contributed by atoms with Crippen LogP contribution in [0.2, 0.25) is 0 Å². The van der Waals surface area contributed by atoms with Crippen molar-refractivity contribution >= 4 is 5.96 Å². The average Bonchev–Trinajstić information content (AvgIpc) is 3.10. The number of hydrogen-bond donors (Lipinski definition) is 2. The molecule has 0 amide bonds. The number of furan rings is 1. The number of aliphatic imine (C=N–C) groups is 1. The fourth-order valence-corrected chi connectivity index (χ4v) is 1.94. The number of pyridine rings is 1. The van der Waals surface area contributed by atoms with E-state index in [2.05, 4.69) is 20.6 Å². The number of guanidine groups is 1. The van der Waals surface area contributed by atoms with E-state index < -0.39 is 11.7 Å². The summed E-state index contributed by atoms with van der Waals surface area (Å²) >= 11 is 0. The summed E-state index contributed by atoms with van der Waals surface area (Å²) < 4.78 is 47.8. The van der Waals surface area contributed by atoms with E-state index in [1.54, 1.807) is 13.3 Å². The molecule has 0 aliphatic heterocycles. The van der Waals surface area contributed by atoms with E-state index >= 15 is 0 Å². The Balaban J connectivity index is 1.65. The lowest BCUT2D eigenvalue weighted by atomic mass is 10.3. The molecule has 0 aliphatic rings. The van der Waals surface area contributed by atoms with Crippen LogP contribution in [0.1, 0.15) is 11.3 Å². The van der Waals surface area contributed by atoms with Gasteiger partial charge in [-0.3, -0.25) is 4.99 Å². The van der Waals surface area contributed by atoms with E-state index in [1.165, 1.54) is 6.07 Å². The van der Waals surface area contributed by atoms with E-state index in [-0.39, 0.29) is 12.5 Å². The Bertz CT molecular complexity index is 655. The number of alkyl halides is 3. The molecule has 9 heteroatoms. The van der Waals surface area contributed by atoms with Gasteiger partial charge in [0.25, 0.3) is 0 Å². The molecule has 136 valence electrons. The summed E-state index contributed by atoms with van der Waals surface area (Å²) in [7, 11) is 1.64. The molecular formula is C16H19F3N4O2. The van der Waals surface area contributed by atoms with E-state index in [9.17, 15) is 13.2 Å². The minimum atomic E-state index is -4.40. The molecule has 0 fully saturated rings. The van der Waals surface area contributed by atoms with Crippen LogP contribution in [0.5, 0.6) is 5.88 Å². The van der Waals surface area contributed by atoms with Gasteiger partial charge in [0.15, 0.2) is 5.96 Å². The number of aromatic nitrogens is 1. The van der Waals surface area contributed by atoms with E-state index in [4.69, 9.17) is 9.15 Å². The van der Waals surface area contributed by atoms with Crippen LogP contribution in [0, 0.1) is 0 Å². The van der Waals surface area contributed by atoms with Gasteiger partial charge in [0.05, 0.1) is 18.4 Å². The molecule has 2 aromatic rings. The van der Waals surface area contributed by atoms with Gasteiger partial charge in [-0.2, -0.15) is 13.2 Å². The normalized spacial score (nSPS) is 12.1. The lowest BCUT2D eigenvalue weighted by Crippen LogP contribution is -2.40. The Labute approximate surface area is 143 Å². The summed E-state index contributed by atoms with van der Waals surface area (Å²) in [5.74, 6) is 1.60. The number of ether oxygens (including phenoxy) is 1. The van der Waals surface area contributed by atoms with Crippen LogP contribution < -0.4 is 15.4 Å². The van der Waals surface area contributed by atoms with E-state index in [0.717, 1.165) is 24.4 Å². The van der Waals surface area contributed by atoms with Crippen molar-refractivity contribution in [3.8, 4) is 5.88 Å². The topological polar surface area (TPSA) is 71.7 Å². The molecular weight excluding hydrogens is 337 g/mol. The molecule has 0 spiro atoms. The first kappa shape index (κ1) is 18.6. The lowest BCUT2D eigenvalue weighted by Gasteiger charge is -2.12. The summed E-state index contributed by atoms with van der Waals surface area (Å²) in [5, 5.41) is 6.14. The Hall–Kier alpha value is -2.71. The van der Waals surface area contributed by atoms with Crippen molar-refractivity contribution in [1.82, 2.24) is 15.6 Å². The van der Waals surface area contributed by atoms with Gasteiger partial charge in [0.1, 0.15) is 12.4 Å². The van der Waals surface area contributed by atoms with Gasteiger partial charge >= 0.3 is 6.18 Å². The molecule has 0 radical (unpaired) electrons. The predicted molar refractivity (Wildman–Crippen MR) is 86.5 cm³/mol. The Morgan fingerprint density at radius 1 is 1.24 bits per heavy atom. The number of hydrogen-bond acceptors (Lipinski definition) is 4. The van der Waals surface area contributed by atoms with Gasteiger partial charge in [-0.25, -0.2) is 4.98 Å². The quantitative estimate of drug-likeness (QED) is 0.453. The van der Waals surface area contributed by atoms with Crippen molar-refractivity contribution in [2.45, 2.75) is 12.6 Å². The highest BCUT2D eigenvalue weighted by atomic mass is 19.4. The molecule has 2 heterocycles. The number of halogens is 3. The number of nitrogens with one attached hydrogen (secondary N) is 2. The van der Waals surface area contributed by atoms with Crippen molar-refractivity contribution in [2.24, 2.45) is 4.99 Å². The highest BCUT2D eigenvalue weighted by molar-refractivity contribution is 5.79. The molecule has 0 unspecified atom stereocenters. The summed E-state index contributed by atoms with van der Waals surface area (Å²) in [5.41, 5.74) is -0.806. The van der Waals surface area contributed by atoms with Crippen molar-refractivity contribution < 1.29 is 22.3 Å². The molecule has 2 rings (SSSR count). The second-order valence-electron chi connectivity index (χ2n) is 4.99. The molecule has 6 nitrogen and oxygen atoms in total. The van der Waals surface area contributed by atoms with Crippen LogP contribution in [-0.4, -0.2) is 37.7 Å². The van der Waals surface area contributed by atoms with Gasteiger partial charge < -0.3 is 19.8 Å². The van der Waals surface area contributed by atoms with Crippen LogP contribution in [0.4, 0.5) is 13.2 Å². The van der Waals surface area contributed by atoms with Gasteiger partial charge in [0.2, 0.25) is 5.88 Å². The van der Waals surface area contributed by atoms with Gasteiger partial charge in [-0.05, 0) is 18.2 Å². The van der Waals surface area contributed by atoms with Crippen LogP contribution >= 0.6 is 0 Å². The first-order valence-electron chi connectivity index (χ1n) is 7.62. The zero-order valence-corrected chi connectivity index (χ0v) is 13.6. The summed E-state index contributed by atoms with van der Waals surface area (Å²) in [4.78, 5) is 7.69. The highest BCUT2D eigenvalue weighted by Gasteiger charge is 2.30. The molecule has 0 saturated heterocycles. The molecule has 0 saturated carbocycles. The highest BCUT2D eigenvalue weighted by Crippen LogP contribution is 2.29. The SMILES string of the molecule is CN=C(NCCOc1ccc(C(F)(F)F)cn1)NCCc1ccco1. The number of rotatable bonds is 7. The third-order valence-electron chi connectivity index (χ3n) is 3.18. The summed E-state index contributed by atoms with van der Waals surface area (Å²) in [6.45, 7) is 1.30. The molecule has 0 aromatic carbocycles.